The third-order valence-corrected chi connectivity index (χ3v) is 2.92. The SMILES string of the molecule is COCCN(CC(=O)O)C(C)Cc1ccccc1. The molecular weight excluding hydrogens is 230 g/mol. The predicted octanol–water partition coefficient (Wildman–Crippen LogP) is 1.65. The van der Waals surface area contributed by atoms with E-state index in [1.54, 1.807) is 7.11 Å². The molecule has 0 bridgehead atoms. The number of hydrogen-bond donors (Lipinski definition) is 1. The van der Waals surface area contributed by atoms with Gasteiger partial charge in [0.15, 0.2) is 0 Å². The van der Waals surface area contributed by atoms with Gasteiger partial charge in [0.25, 0.3) is 0 Å². The molecule has 4 heteroatoms. The number of methoxy groups -OCH3 is 1. The summed E-state index contributed by atoms with van der Waals surface area (Å²) in [6, 6.07) is 10.3. The van der Waals surface area contributed by atoms with Gasteiger partial charge in [-0.1, -0.05) is 30.3 Å². The van der Waals surface area contributed by atoms with Gasteiger partial charge < -0.3 is 9.84 Å². The fourth-order valence-electron chi connectivity index (χ4n) is 1.92. The van der Waals surface area contributed by atoms with Crippen LogP contribution >= 0.6 is 0 Å². The molecule has 18 heavy (non-hydrogen) atoms. The summed E-state index contributed by atoms with van der Waals surface area (Å²) in [4.78, 5) is 12.8. The molecule has 1 N–H and O–H groups in total. The fraction of sp³-hybridized carbons (Fsp3) is 0.500. The summed E-state index contributed by atoms with van der Waals surface area (Å²) < 4.78 is 5.02. The van der Waals surface area contributed by atoms with Crippen molar-refractivity contribution in [3.63, 3.8) is 0 Å². The molecule has 0 saturated heterocycles. The van der Waals surface area contributed by atoms with Crippen molar-refractivity contribution in [3.8, 4) is 0 Å². The Bertz CT molecular complexity index is 353. The summed E-state index contributed by atoms with van der Waals surface area (Å²) in [6.07, 6.45) is 0.845. The third-order valence-electron chi connectivity index (χ3n) is 2.92. The number of carboxylic acids is 1. The Labute approximate surface area is 108 Å². The summed E-state index contributed by atoms with van der Waals surface area (Å²) in [6.45, 7) is 3.28. The van der Waals surface area contributed by atoms with Crippen molar-refractivity contribution in [3.05, 3.63) is 35.9 Å². The topological polar surface area (TPSA) is 49.8 Å². The van der Waals surface area contributed by atoms with Gasteiger partial charge in [-0.15, -0.1) is 0 Å². The number of nitrogens with zero attached hydrogens (tertiary/aromatic N) is 1. The first-order valence-electron chi connectivity index (χ1n) is 6.12. The molecule has 0 aliphatic carbocycles. The van der Waals surface area contributed by atoms with Crippen molar-refractivity contribution in [2.45, 2.75) is 19.4 Å². The average Bonchev–Trinajstić information content (AvgIpc) is 2.35. The van der Waals surface area contributed by atoms with Crippen LogP contribution in [-0.2, 0) is 16.0 Å². The summed E-state index contributed by atoms with van der Waals surface area (Å²) >= 11 is 0. The Hall–Kier alpha value is -1.39. The molecule has 0 saturated carbocycles. The van der Waals surface area contributed by atoms with Crippen LogP contribution in [0.25, 0.3) is 0 Å². The molecule has 1 rings (SSSR count). The van der Waals surface area contributed by atoms with Gasteiger partial charge in [-0.25, -0.2) is 0 Å². The van der Waals surface area contributed by atoms with Gasteiger partial charge >= 0.3 is 5.97 Å². The zero-order valence-electron chi connectivity index (χ0n) is 11.0. The molecule has 0 heterocycles. The predicted molar refractivity (Wildman–Crippen MR) is 70.7 cm³/mol. The van der Waals surface area contributed by atoms with E-state index in [0.29, 0.717) is 13.2 Å². The largest absolute Gasteiger partial charge is 0.480 e. The second-order valence-corrected chi connectivity index (χ2v) is 4.40. The molecule has 1 aromatic rings. The second kappa shape index (κ2) is 7.84. The van der Waals surface area contributed by atoms with Gasteiger partial charge in [0.1, 0.15) is 0 Å². The highest BCUT2D eigenvalue weighted by Crippen LogP contribution is 2.08. The standard InChI is InChI=1S/C14H21NO3/c1-12(10-13-6-4-3-5-7-13)15(8-9-18-2)11-14(16)17/h3-7,12H,8-11H2,1-2H3,(H,16,17). The molecule has 0 spiro atoms. The van der Waals surface area contributed by atoms with Crippen LogP contribution in [0.3, 0.4) is 0 Å². The lowest BCUT2D eigenvalue weighted by molar-refractivity contribution is -0.139. The van der Waals surface area contributed by atoms with Crippen molar-refractivity contribution in [1.29, 1.82) is 0 Å². The van der Waals surface area contributed by atoms with Gasteiger partial charge in [0, 0.05) is 19.7 Å². The van der Waals surface area contributed by atoms with Crippen LogP contribution in [0, 0.1) is 0 Å². The maximum atomic E-state index is 10.8. The highest BCUT2D eigenvalue weighted by Gasteiger charge is 2.16. The first-order chi connectivity index (χ1) is 8.63. The number of aliphatic carboxylic acids is 1. The Morgan fingerprint density at radius 3 is 2.61 bits per heavy atom. The van der Waals surface area contributed by atoms with E-state index >= 15 is 0 Å². The summed E-state index contributed by atoms with van der Waals surface area (Å²) in [5, 5.41) is 8.92. The van der Waals surface area contributed by atoms with Crippen molar-refractivity contribution in [2.24, 2.45) is 0 Å². The van der Waals surface area contributed by atoms with E-state index in [9.17, 15) is 4.79 Å². The molecule has 0 aliphatic heterocycles. The van der Waals surface area contributed by atoms with Crippen LogP contribution < -0.4 is 0 Å². The maximum absolute atomic E-state index is 10.8. The lowest BCUT2D eigenvalue weighted by Crippen LogP contribution is -2.40. The Morgan fingerprint density at radius 1 is 1.39 bits per heavy atom. The first-order valence-corrected chi connectivity index (χ1v) is 6.12. The Balaban J connectivity index is 2.57. The summed E-state index contributed by atoms with van der Waals surface area (Å²) in [7, 11) is 1.63. The molecule has 0 amide bonds. The highest BCUT2D eigenvalue weighted by atomic mass is 16.5. The Morgan fingerprint density at radius 2 is 2.06 bits per heavy atom. The van der Waals surface area contributed by atoms with Crippen LogP contribution in [0.4, 0.5) is 0 Å². The van der Waals surface area contributed by atoms with E-state index in [1.807, 2.05) is 30.0 Å². The molecule has 0 fully saturated rings. The van der Waals surface area contributed by atoms with E-state index in [2.05, 4.69) is 12.1 Å². The molecule has 100 valence electrons. The summed E-state index contributed by atoms with van der Waals surface area (Å²) in [5.74, 6) is -0.800. The maximum Gasteiger partial charge on any atom is 0.317 e. The minimum atomic E-state index is -0.800. The van der Waals surface area contributed by atoms with Gasteiger partial charge in [-0.2, -0.15) is 0 Å². The molecular formula is C14H21NO3. The third kappa shape index (κ3) is 5.29. The van der Waals surface area contributed by atoms with Crippen LogP contribution in [0.15, 0.2) is 30.3 Å². The minimum absolute atomic E-state index is 0.0529. The van der Waals surface area contributed by atoms with Gasteiger partial charge in [0.05, 0.1) is 13.2 Å². The minimum Gasteiger partial charge on any atom is -0.480 e. The zero-order valence-corrected chi connectivity index (χ0v) is 11.0. The van der Waals surface area contributed by atoms with Crippen LogP contribution in [0.5, 0.6) is 0 Å². The fourth-order valence-corrected chi connectivity index (χ4v) is 1.92. The lowest BCUT2D eigenvalue weighted by atomic mass is 10.1. The van der Waals surface area contributed by atoms with Gasteiger partial charge in [-0.05, 0) is 18.9 Å². The quantitative estimate of drug-likeness (QED) is 0.763. The Kier molecular flexibility index (Phi) is 6.39. The molecule has 1 atom stereocenters. The average molecular weight is 251 g/mol. The molecule has 1 aromatic carbocycles. The van der Waals surface area contributed by atoms with Gasteiger partial charge in [-0.3, -0.25) is 9.69 Å². The lowest BCUT2D eigenvalue weighted by Gasteiger charge is -2.27. The van der Waals surface area contributed by atoms with Crippen LogP contribution in [0.2, 0.25) is 0 Å². The van der Waals surface area contributed by atoms with Crippen LogP contribution in [-0.4, -0.2) is 48.8 Å². The molecule has 1 unspecified atom stereocenters. The smallest absolute Gasteiger partial charge is 0.317 e. The highest BCUT2D eigenvalue weighted by molar-refractivity contribution is 5.69. The molecule has 0 radical (unpaired) electrons. The monoisotopic (exact) mass is 251 g/mol. The normalized spacial score (nSPS) is 12.6. The first kappa shape index (κ1) is 14.7. The zero-order chi connectivity index (χ0) is 13.4. The molecule has 0 aromatic heterocycles. The van der Waals surface area contributed by atoms with E-state index in [0.717, 1.165) is 6.42 Å². The van der Waals surface area contributed by atoms with Crippen LogP contribution in [0.1, 0.15) is 12.5 Å². The molecule has 4 nitrogen and oxygen atoms in total. The van der Waals surface area contributed by atoms with Crippen molar-refractivity contribution in [2.75, 3.05) is 26.8 Å². The van der Waals surface area contributed by atoms with E-state index in [4.69, 9.17) is 9.84 Å². The van der Waals surface area contributed by atoms with Crippen molar-refractivity contribution < 1.29 is 14.6 Å². The number of benzene rings is 1. The van der Waals surface area contributed by atoms with E-state index in [-0.39, 0.29) is 12.6 Å². The van der Waals surface area contributed by atoms with Crippen molar-refractivity contribution in [1.82, 2.24) is 4.90 Å². The van der Waals surface area contributed by atoms with Gasteiger partial charge in [0.2, 0.25) is 0 Å². The number of carboxylic acid groups (broad SMARTS) is 1. The molecule has 0 aliphatic rings. The second-order valence-electron chi connectivity index (χ2n) is 4.40. The number of rotatable bonds is 8. The number of ether oxygens (including phenoxy) is 1. The number of hydrogen-bond acceptors (Lipinski definition) is 3. The number of carbonyl (C=O) groups is 1. The van der Waals surface area contributed by atoms with Crippen molar-refractivity contribution >= 4 is 5.97 Å². The summed E-state index contributed by atoms with van der Waals surface area (Å²) in [5.41, 5.74) is 1.22. The van der Waals surface area contributed by atoms with E-state index < -0.39 is 5.97 Å². The van der Waals surface area contributed by atoms with E-state index in [1.165, 1.54) is 5.56 Å².